The standard InChI is InChI=1S/C14H18N2O3S/c15-14(20)11-4-1-2-5-12(11)19-8-3-6-16-7-9-18-10-13(16)17/h1-2,4-5H,3,6-10H2,(H2,15,20). The average Bonchev–Trinajstić information content (AvgIpc) is 2.45. The topological polar surface area (TPSA) is 64.8 Å². The van der Waals surface area contributed by atoms with Crippen molar-refractivity contribution in [2.75, 3.05) is 32.9 Å². The molecule has 2 rings (SSSR count). The number of amides is 1. The van der Waals surface area contributed by atoms with Gasteiger partial charge in [0.05, 0.1) is 18.8 Å². The number of nitrogens with two attached hydrogens (primary N) is 1. The smallest absolute Gasteiger partial charge is 0.248 e. The highest BCUT2D eigenvalue weighted by Gasteiger charge is 2.17. The Morgan fingerprint density at radius 1 is 1.45 bits per heavy atom. The molecule has 1 aliphatic heterocycles. The summed E-state index contributed by atoms with van der Waals surface area (Å²) >= 11 is 4.98. The van der Waals surface area contributed by atoms with E-state index in [1.54, 1.807) is 4.90 Å². The van der Waals surface area contributed by atoms with E-state index in [0.29, 0.717) is 37.0 Å². The molecule has 6 heteroatoms. The summed E-state index contributed by atoms with van der Waals surface area (Å²) < 4.78 is 10.8. The molecular weight excluding hydrogens is 276 g/mol. The molecule has 0 saturated carbocycles. The summed E-state index contributed by atoms with van der Waals surface area (Å²) in [5.41, 5.74) is 6.38. The summed E-state index contributed by atoms with van der Waals surface area (Å²) in [5, 5.41) is 0. The Labute approximate surface area is 123 Å². The maximum atomic E-state index is 11.5. The lowest BCUT2D eigenvalue weighted by Crippen LogP contribution is -2.42. The number of nitrogens with zero attached hydrogens (tertiary/aromatic N) is 1. The van der Waals surface area contributed by atoms with Crippen molar-refractivity contribution in [3.8, 4) is 5.75 Å². The lowest BCUT2D eigenvalue weighted by molar-refractivity contribution is -0.142. The van der Waals surface area contributed by atoms with E-state index in [0.717, 1.165) is 12.0 Å². The predicted molar refractivity (Wildman–Crippen MR) is 79.8 cm³/mol. The third kappa shape index (κ3) is 3.91. The number of benzene rings is 1. The van der Waals surface area contributed by atoms with Crippen molar-refractivity contribution in [1.82, 2.24) is 4.90 Å². The first-order valence-corrected chi connectivity index (χ1v) is 6.96. The van der Waals surface area contributed by atoms with Crippen LogP contribution >= 0.6 is 12.2 Å². The van der Waals surface area contributed by atoms with Gasteiger partial charge in [-0.2, -0.15) is 0 Å². The summed E-state index contributed by atoms with van der Waals surface area (Å²) in [5.74, 6) is 0.730. The summed E-state index contributed by atoms with van der Waals surface area (Å²) in [6.07, 6.45) is 0.761. The monoisotopic (exact) mass is 294 g/mol. The molecule has 0 radical (unpaired) electrons. The lowest BCUT2D eigenvalue weighted by Gasteiger charge is -2.26. The van der Waals surface area contributed by atoms with E-state index in [4.69, 9.17) is 27.4 Å². The number of rotatable bonds is 6. The molecule has 0 atom stereocenters. The van der Waals surface area contributed by atoms with Gasteiger partial charge in [0.25, 0.3) is 0 Å². The Morgan fingerprint density at radius 2 is 2.25 bits per heavy atom. The molecule has 0 aromatic heterocycles. The van der Waals surface area contributed by atoms with Crippen LogP contribution in [0.5, 0.6) is 5.75 Å². The lowest BCUT2D eigenvalue weighted by atomic mass is 10.2. The van der Waals surface area contributed by atoms with Crippen LogP contribution in [0.3, 0.4) is 0 Å². The zero-order valence-corrected chi connectivity index (χ0v) is 12.0. The van der Waals surface area contributed by atoms with Crippen LogP contribution in [0, 0.1) is 0 Å². The summed E-state index contributed by atoms with van der Waals surface area (Å²) in [4.78, 5) is 13.6. The number of hydrogen-bond donors (Lipinski definition) is 1. The Bertz CT molecular complexity index is 493. The first-order valence-electron chi connectivity index (χ1n) is 6.55. The molecule has 0 bridgehead atoms. The van der Waals surface area contributed by atoms with Gasteiger partial charge in [-0.3, -0.25) is 4.79 Å². The minimum absolute atomic E-state index is 0.0415. The molecule has 1 aromatic rings. The highest BCUT2D eigenvalue weighted by Crippen LogP contribution is 2.17. The Balaban J connectivity index is 1.78. The molecule has 2 N–H and O–H groups in total. The van der Waals surface area contributed by atoms with Crippen LogP contribution in [0.1, 0.15) is 12.0 Å². The first kappa shape index (κ1) is 14.7. The van der Waals surface area contributed by atoms with E-state index in [-0.39, 0.29) is 12.5 Å². The van der Waals surface area contributed by atoms with Gasteiger partial charge in [-0.1, -0.05) is 24.4 Å². The number of para-hydroxylation sites is 1. The molecule has 1 heterocycles. The molecule has 20 heavy (non-hydrogen) atoms. The molecule has 0 aliphatic carbocycles. The normalized spacial score (nSPS) is 15.2. The van der Waals surface area contributed by atoms with Gasteiger partial charge in [0.1, 0.15) is 17.3 Å². The molecule has 1 fully saturated rings. The predicted octanol–water partition coefficient (Wildman–Crippen LogP) is 0.948. The van der Waals surface area contributed by atoms with Crippen LogP contribution in [-0.4, -0.2) is 48.7 Å². The van der Waals surface area contributed by atoms with Gasteiger partial charge in [-0.15, -0.1) is 0 Å². The van der Waals surface area contributed by atoms with E-state index in [1.165, 1.54) is 0 Å². The van der Waals surface area contributed by atoms with Crippen LogP contribution < -0.4 is 10.5 Å². The number of carbonyl (C=O) groups is 1. The van der Waals surface area contributed by atoms with Crippen LogP contribution in [0.2, 0.25) is 0 Å². The van der Waals surface area contributed by atoms with E-state index < -0.39 is 0 Å². The van der Waals surface area contributed by atoms with Crippen LogP contribution in [0.25, 0.3) is 0 Å². The largest absolute Gasteiger partial charge is 0.493 e. The van der Waals surface area contributed by atoms with Gasteiger partial charge in [0, 0.05) is 13.1 Å². The minimum atomic E-state index is 0.0415. The quantitative estimate of drug-likeness (QED) is 0.625. The second-order valence-electron chi connectivity index (χ2n) is 4.50. The average molecular weight is 294 g/mol. The van der Waals surface area contributed by atoms with Crippen molar-refractivity contribution >= 4 is 23.1 Å². The third-order valence-electron chi connectivity index (χ3n) is 3.07. The Morgan fingerprint density at radius 3 is 3.00 bits per heavy atom. The third-order valence-corrected chi connectivity index (χ3v) is 3.29. The van der Waals surface area contributed by atoms with E-state index >= 15 is 0 Å². The van der Waals surface area contributed by atoms with Gasteiger partial charge < -0.3 is 20.1 Å². The van der Waals surface area contributed by atoms with Crippen molar-refractivity contribution in [2.45, 2.75) is 6.42 Å². The van der Waals surface area contributed by atoms with Crippen LogP contribution in [0.15, 0.2) is 24.3 Å². The second-order valence-corrected chi connectivity index (χ2v) is 4.94. The summed E-state index contributed by atoms with van der Waals surface area (Å²) in [6, 6.07) is 7.42. The number of ether oxygens (including phenoxy) is 2. The molecule has 1 aliphatic rings. The van der Waals surface area contributed by atoms with Gasteiger partial charge >= 0.3 is 0 Å². The van der Waals surface area contributed by atoms with Gasteiger partial charge in [0.15, 0.2) is 0 Å². The van der Waals surface area contributed by atoms with Crippen molar-refractivity contribution in [3.63, 3.8) is 0 Å². The van der Waals surface area contributed by atoms with Crippen molar-refractivity contribution in [2.24, 2.45) is 5.73 Å². The van der Waals surface area contributed by atoms with Crippen molar-refractivity contribution in [1.29, 1.82) is 0 Å². The van der Waals surface area contributed by atoms with Crippen LogP contribution in [-0.2, 0) is 9.53 Å². The highest BCUT2D eigenvalue weighted by molar-refractivity contribution is 7.80. The van der Waals surface area contributed by atoms with E-state index in [9.17, 15) is 4.79 Å². The van der Waals surface area contributed by atoms with E-state index in [1.807, 2.05) is 24.3 Å². The molecule has 108 valence electrons. The van der Waals surface area contributed by atoms with Gasteiger partial charge in [-0.05, 0) is 18.6 Å². The summed E-state index contributed by atoms with van der Waals surface area (Å²) in [7, 11) is 0. The Kier molecular flexibility index (Phi) is 5.31. The molecule has 5 nitrogen and oxygen atoms in total. The van der Waals surface area contributed by atoms with Crippen molar-refractivity contribution < 1.29 is 14.3 Å². The Hall–Kier alpha value is -1.66. The maximum Gasteiger partial charge on any atom is 0.248 e. The first-order chi connectivity index (χ1) is 9.68. The minimum Gasteiger partial charge on any atom is -0.493 e. The fraction of sp³-hybridized carbons (Fsp3) is 0.429. The maximum absolute atomic E-state index is 11.5. The molecule has 0 spiro atoms. The SMILES string of the molecule is NC(=S)c1ccccc1OCCCN1CCOCC1=O. The molecule has 1 aromatic carbocycles. The van der Waals surface area contributed by atoms with Gasteiger partial charge in [-0.25, -0.2) is 0 Å². The number of hydrogen-bond acceptors (Lipinski definition) is 4. The zero-order chi connectivity index (χ0) is 14.4. The highest BCUT2D eigenvalue weighted by atomic mass is 32.1. The zero-order valence-electron chi connectivity index (χ0n) is 11.2. The number of morpholine rings is 1. The molecule has 0 unspecified atom stereocenters. The van der Waals surface area contributed by atoms with E-state index in [2.05, 4.69) is 0 Å². The molecule has 1 saturated heterocycles. The molecule has 1 amide bonds. The fourth-order valence-electron chi connectivity index (χ4n) is 2.02. The number of thiocarbonyl (C=S) groups is 1. The molecular formula is C14H18N2O3S. The fourth-order valence-corrected chi connectivity index (χ4v) is 2.19. The second kappa shape index (κ2) is 7.21. The number of carbonyl (C=O) groups excluding carboxylic acids is 1. The summed E-state index contributed by atoms with van der Waals surface area (Å²) in [6.45, 7) is 2.64. The van der Waals surface area contributed by atoms with Crippen LogP contribution in [0.4, 0.5) is 0 Å². The van der Waals surface area contributed by atoms with Gasteiger partial charge in [0.2, 0.25) is 5.91 Å². The van der Waals surface area contributed by atoms with Crippen molar-refractivity contribution in [3.05, 3.63) is 29.8 Å².